The Labute approximate surface area is 93.5 Å². The summed E-state index contributed by atoms with van der Waals surface area (Å²) in [5, 5.41) is 3.27. The van der Waals surface area contributed by atoms with Crippen molar-refractivity contribution in [1.82, 2.24) is 10.2 Å². The first-order valence-electron chi connectivity index (χ1n) is 5.30. The van der Waals surface area contributed by atoms with E-state index in [1.54, 1.807) is 13.0 Å². The van der Waals surface area contributed by atoms with Gasteiger partial charge >= 0.3 is 0 Å². The molecule has 3 heteroatoms. The van der Waals surface area contributed by atoms with Crippen LogP contribution in [0.15, 0.2) is 11.8 Å². The number of ketones is 1. The zero-order valence-electron chi connectivity index (χ0n) is 10.8. The lowest BCUT2D eigenvalue weighted by atomic mass is 9.93. The average Bonchev–Trinajstić information content (AvgIpc) is 1.97. The first-order chi connectivity index (χ1) is 6.73. The molecule has 0 radical (unpaired) electrons. The van der Waals surface area contributed by atoms with Crippen LogP contribution in [0.2, 0.25) is 0 Å². The molecule has 0 aliphatic heterocycles. The minimum Gasteiger partial charge on any atom is -0.388 e. The zero-order valence-corrected chi connectivity index (χ0v) is 10.8. The minimum absolute atomic E-state index is 0.0883. The van der Waals surface area contributed by atoms with Crippen molar-refractivity contribution < 1.29 is 4.79 Å². The van der Waals surface area contributed by atoms with Gasteiger partial charge in [0.25, 0.3) is 0 Å². The summed E-state index contributed by atoms with van der Waals surface area (Å²) in [4.78, 5) is 13.0. The minimum atomic E-state index is 0.0883. The predicted octanol–water partition coefficient (Wildman–Crippen LogP) is 1.66. The molecule has 0 aliphatic carbocycles. The molecule has 0 aliphatic rings. The number of nitrogens with one attached hydrogen (secondary N) is 1. The number of hydrogen-bond donors (Lipinski definition) is 1. The largest absolute Gasteiger partial charge is 0.388 e. The van der Waals surface area contributed by atoms with E-state index in [1.165, 1.54) is 0 Å². The molecule has 3 nitrogen and oxygen atoms in total. The van der Waals surface area contributed by atoms with Gasteiger partial charge < -0.3 is 10.2 Å². The lowest BCUT2D eigenvalue weighted by molar-refractivity contribution is -0.112. The number of carbonyl (C=O) groups is 1. The molecule has 1 N–H and O–H groups in total. The van der Waals surface area contributed by atoms with Crippen LogP contribution in [0.4, 0.5) is 0 Å². The topological polar surface area (TPSA) is 32.3 Å². The third-order valence-corrected chi connectivity index (χ3v) is 2.01. The summed E-state index contributed by atoms with van der Waals surface area (Å²) in [6, 6.07) is 0. The molecule has 0 saturated heterocycles. The molecule has 15 heavy (non-hydrogen) atoms. The van der Waals surface area contributed by atoms with Gasteiger partial charge in [0, 0.05) is 18.8 Å². The number of allylic oxidation sites excluding steroid dienone is 2. The van der Waals surface area contributed by atoms with E-state index in [0.717, 1.165) is 18.8 Å². The van der Waals surface area contributed by atoms with Crippen molar-refractivity contribution in [2.75, 3.05) is 27.2 Å². The molecule has 0 rings (SSSR count). The van der Waals surface area contributed by atoms with E-state index < -0.39 is 0 Å². The molecule has 0 amide bonds. The number of rotatable bonds is 6. The molecule has 0 aromatic heterocycles. The second-order valence-electron chi connectivity index (χ2n) is 5.19. The number of carbonyl (C=O) groups excluding carboxylic acids is 1. The second kappa shape index (κ2) is 5.91. The zero-order chi connectivity index (χ0) is 12.1. The van der Waals surface area contributed by atoms with Gasteiger partial charge in [-0.1, -0.05) is 13.8 Å². The maximum atomic E-state index is 10.8. The van der Waals surface area contributed by atoms with E-state index in [9.17, 15) is 4.79 Å². The van der Waals surface area contributed by atoms with Gasteiger partial charge in [0.15, 0.2) is 5.78 Å². The maximum absolute atomic E-state index is 10.8. The van der Waals surface area contributed by atoms with Gasteiger partial charge in [0.1, 0.15) is 0 Å². The third-order valence-electron chi connectivity index (χ3n) is 2.01. The summed E-state index contributed by atoms with van der Waals surface area (Å²) >= 11 is 0. The fourth-order valence-electron chi connectivity index (χ4n) is 1.65. The summed E-state index contributed by atoms with van der Waals surface area (Å²) in [6.45, 7) is 9.81. The van der Waals surface area contributed by atoms with Crippen molar-refractivity contribution in [2.45, 2.75) is 27.7 Å². The first kappa shape index (κ1) is 14.2. The molecular formula is C12H24N2O. The molecule has 0 unspecified atom stereocenters. The Morgan fingerprint density at radius 2 is 1.87 bits per heavy atom. The Bertz CT molecular complexity index is 242. The third kappa shape index (κ3) is 8.18. The standard InChI is InChI=1S/C12H24N2O/c1-10(7-11(2)15)13-8-12(3,4)9-14(5)6/h7,13H,8-9H2,1-6H3. The van der Waals surface area contributed by atoms with Crippen LogP contribution in [-0.4, -0.2) is 37.9 Å². The van der Waals surface area contributed by atoms with E-state index in [1.807, 2.05) is 6.92 Å². The SMILES string of the molecule is CC(=O)C=C(C)NCC(C)(C)CN(C)C. The normalized spacial score (nSPS) is 13.1. The Hall–Kier alpha value is -0.830. The molecule has 0 bridgehead atoms. The molecule has 0 aromatic carbocycles. The van der Waals surface area contributed by atoms with Crippen molar-refractivity contribution in [3.63, 3.8) is 0 Å². The van der Waals surface area contributed by atoms with Crippen molar-refractivity contribution in [2.24, 2.45) is 5.41 Å². The predicted molar refractivity (Wildman–Crippen MR) is 64.8 cm³/mol. The number of hydrogen-bond acceptors (Lipinski definition) is 3. The van der Waals surface area contributed by atoms with Crippen molar-refractivity contribution in [3.05, 3.63) is 11.8 Å². The van der Waals surface area contributed by atoms with E-state index >= 15 is 0 Å². The Morgan fingerprint density at radius 3 is 2.27 bits per heavy atom. The van der Waals surface area contributed by atoms with Crippen molar-refractivity contribution in [3.8, 4) is 0 Å². The van der Waals surface area contributed by atoms with Crippen LogP contribution in [0, 0.1) is 5.41 Å². The molecule has 88 valence electrons. The van der Waals surface area contributed by atoms with Crippen LogP contribution < -0.4 is 5.32 Å². The lowest BCUT2D eigenvalue weighted by Gasteiger charge is -2.29. The molecular weight excluding hydrogens is 188 g/mol. The van der Waals surface area contributed by atoms with Gasteiger partial charge in [-0.25, -0.2) is 0 Å². The molecule has 0 aromatic rings. The second-order valence-corrected chi connectivity index (χ2v) is 5.19. The van der Waals surface area contributed by atoms with Crippen LogP contribution >= 0.6 is 0 Å². The van der Waals surface area contributed by atoms with Gasteiger partial charge in [0.2, 0.25) is 0 Å². The van der Waals surface area contributed by atoms with E-state index in [4.69, 9.17) is 0 Å². The fourth-order valence-corrected chi connectivity index (χ4v) is 1.65. The highest BCUT2D eigenvalue weighted by atomic mass is 16.1. The van der Waals surface area contributed by atoms with Crippen LogP contribution in [-0.2, 0) is 4.79 Å². The Morgan fingerprint density at radius 1 is 1.33 bits per heavy atom. The number of nitrogens with zero attached hydrogens (tertiary/aromatic N) is 1. The van der Waals surface area contributed by atoms with Crippen molar-refractivity contribution >= 4 is 5.78 Å². The van der Waals surface area contributed by atoms with Crippen LogP contribution in [0.1, 0.15) is 27.7 Å². The van der Waals surface area contributed by atoms with Gasteiger partial charge in [0.05, 0.1) is 0 Å². The molecule has 0 atom stereocenters. The van der Waals surface area contributed by atoms with Crippen molar-refractivity contribution in [1.29, 1.82) is 0 Å². The van der Waals surface area contributed by atoms with Gasteiger partial charge in [-0.05, 0) is 39.4 Å². The van der Waals surface area contributed by atoms with Crippen LogP contribution in [0.5, 0.6) is 0 Å². The average molecular weight is 212 g/mol. The summed E-state index contributed by atoms with van der Waals surface area (Å²) in [7, 11) is 4.14. The van der Waals surface area contributed by atoms with E-state index in [2.05, 4.69) is 38.2 Å². The monoisotopic (exact) mass is 212 g/mol. The summed E-state index contributed by atoms with van der Waals surface area (Å²) in [6.07, 6.45) is 1.63. The summed E-state index contributed by atoms with van der Waals surface area (Å²) in [5.74, 6) is 0.0883. The maximum Gasteiger partial charge on any atom is 0.154 e. The molecule has 0 fully saturated rings. The fraction of sp³-hybridized carbons (Fsp3) is 0.750. The summed E-state index contributed by atoms with van der Waals surface area (Å²) < 4.78 is 0. The highest BCUT2D eigenvalue weighted by molar-refractivity contribution is 5.87. The lowest BCUT2D eigenvalue weighted by Crippen LogP contribution is -2.37. The van der Waals surface area contributed by atoms with Crippen LogP contribution in [0.25, 0.3) is 0 Å². The van der Waals surface area contributed by atoms with E-state index in [-0.39, 0.29) is 11.2 Å². The van der Waals surface area contributed by atoms with Gasteiger partial charge in [-0.2, -0.15) is 0 Å². The molecule has 0 spiro atoms. The molecule has 0 heterocycles. The molecule has 0 saturated carbocycles. The highest BCUT2D eigenvalue weighted by Gasteiger charge is 2.18. The van der Waals surface area contributed by atoms with E-state index in [0.29, 0.717) is 0 Å². The quantitative estimate of drug-likeness (QED) is 0.680. The first-order valence-corrected chi connectivity index (χ1v) is 5.30. The van der Waals surface area contributed by atoms with Gasteiger partial charge in [-0.15, -0.1) is 0 Å². The summed E-state index contributed by atoms with van der Waals surface area (Å²) in [5.41, 5.74) is 1.14. The van der Waals surface area contributed by atoms with Gasteiger partial charge in [-0.3, -0.25) is 4.79 Å². The van der Waals surface area contributed by atoms with Crippen LogP contribution in [0.3, 0.4) is 0 Å². The highest BCUT2D eigenvalue weighted by Crippen LogP contribution is 2.14. The smallest absolute Gasteiger partial charge is 0.154 e. The Kier molecular flexibility index (Phi) is 5.58. The Balaban J connectivity index is 4.08.